The van der Waals surface area contributed by atoms with Gasteiger partial charge in [-0.3, -0.25) is 9.78 Å². The standard InChI is InChI=1S/C15H14N2O/c18-15(11-4-3-7-16-9-11)8-12-10-17-14-6-2-1-5-13(12)14/h1-7,9,12,17H,8,10H2. The number of pyridine rings is 1. The van der Waals surface area contributed by atoms with Crippen LogP contribution in [0.1, 0.15) is 28.3 Å². The van der Waals surface area contributed by atoms with Crippen LogP contribution >= 0.6 is 0 Å². The molecule has 0 bridgehead atoms. The lowest BCUT2D eigenvalue weighted by molar-refractivity contribution is 0.0975. The lowest BCUT2D eigenvalue weighted by Crippen LogP contribution is -2.09. The van der Waals surface area contributed by atoms with Crippen LogP contribution in [0.25, 0.3) is 0 Å². The summed E-state index contributed by atoms with van der Waals surface area (Å²) in [4.78, 5) is 16.1. The van der Waals surface area contributed by atoms with Crippen molar-refractivity contribution in [2.75, 3.05) is 11.9 Å². The van der Waals surface area contributed by atoms with Gasteiger partial charge in [0.05, 0.1) is 0 Å². The smallest absolute Gasteiger partial charge is 0.165 e. The fraction of sp³-hybridized carbons (Fsp3) is 0.200. The third kappa shape index (κ3) is 1.99. The minimum atomic E-state index is 0.159. The van der Waals surface area contributed by atoms with Crippen molar-refractivity contribution in [2.24, 2.45) is 0 Å². The molecule has 0 radical (unpaired) electrons. The molecule has 1 atom stereocenters. The highest BCUT2D eigenvalue weighted by Gasteiger charge is 2.24. The van der Waals surface area contributed by atoms with Gasteiger partial charge in [0, 0.05) is 42.5 Å². The summed E-state index contributed by atoms with van der Waals surface area (Å²) < 4.78 is 0. The van der Waals surface area contributed by atoms with Gasteiger partial charge < -0.3 is 5.32 Å². The highest BCUT2D eigenvalue weighted by atomic mass is 16.1. The zero-order valence-corrected chi connectivity index (χ0v) is 9.97. The molecule has 0 amide bonds. The van der Waals surface area contributed by atoms with E-state index in [2.05, 4.69) is 22.4 Å². The van der Waals surface area contributed by atoms with Gasteiger partial charge in [0.2, 0.25) is 0 Å². The quantitative estimate of drug-likeness (QED) is 0.836. The molecule has 3 heteroatoms. The van der Waals surface area contributed by atoms with Crippen molar-refractivity contribution in [1.29, 1.82) is 0 Å². The van der Waals surface area contributed by atoms with Crippen molar-refractivity contribution in [2.45, 2.75) is 12.3 Å². The van der Waals surface area contributed by atoms with E-state index in [1.165, 1.54) is 5.56 Å². The number of aromatic nitrogens is 1. The first-order chi connectivity index (χ1) is 8.84. The molecule has 1 unspecified atom stereocenters. The number of carbonyl (C=O) groups excluding carboxylic acids is 1. The van der Waals surface area contributed by atoms with Gasteiger partial charge in [0.15, 0.2) is 5.78 Å². The Morgan fingerprint density at radius 3 is 3.00 bits per heavy atom. The fourth-order valence-electron chi connectivity index (χ4n) is 2.41. The molecule has 0 aliphatic carbocycles. The SMILES string of the molecule is O=C(CC1CNc2ccccc21)c1cccnc1. The van der Waals surface area contributed by atoms with Crippen LogP contribution in [-0.2, 0) is 0 Å². The summed E-state index contributed by atoms with van der Waals surface area (Å²) in [6.45, 7) is 0.839. The maximum atomic E-state index is 12.1. The minimum absolute atomic E-state index is 0.159. The number of benzene rings is 1. The number of nitrogens with one attached hydrogen (secondary N) is 1. The van der Waals surface area contributed by atoms with E-state index in [0.29, 0.717) is 12.0 Å². The van der Waals surface area contributed by atoms with Crippen molar-refractivity contribution in [3.63, 3.8) is 0 Å². The first-order valence-electron chi connectivity index (χ1n) is 6.10. The van der Waals surface area contributed by atoms with Crippen molar-refractivity contribution in [3.05, 3.63) is 59.9 Å². The minimum Gasteiger partial charge on any atom is -0.384 e. The summed E-state index contributed by atoms with van der Waals surface area (Å²) in [7, 11) is 0. The molecular formula is C15H14N2O. The molecule has 1 aliphatic heterocycles. The summed E-state index contributed by atoms with van der Waals surface area (Å²) in [5.41, 5.74) is 3.10. The summed E-state index contributed by atoms with van der Waals surface area (Å²) in [6.07, 6.45) is 3.86. The molecular weight excluding hydrogens is 224 g/mol. The molecule has 0 saturated heterocycles. The van der Waals surface area contributed by atoms with Crippen molar-refractivity contribution in [1.82, 2.24) is 4.98 Å². The predicted molar refractivity (Wildman–Crippen MR) is 70.9 cm³/mol. The zero-order valence-electron chi connectivity index (χ0n) is 9.97. The lowest BCUT2D eigenvalue weighted by Gasteiger charge is -2.08. The molecule has 18 heavy (non-hydrogen) atoms. The molecule has 1 N–H and O–H groups in total. The van der Waals surface area contributed by atoms with Gasteiger partial charge >= 0.3 is 0 Å². The van der Waals surface area contributed by atoms with E-state index >= 15 is 0 Å². The van der Waals surface area contributed by atoms with Gasteiger partial charge in [0.25, 0.3) is 0 Å². The normalized spacial score (nSPS) is 17.0. The van der Waals surface area contributed by atoms with Crippen LogP contribution in [0.5, 0.6) is 0 Å². The number of nitrogens with zero attached hydrogens (tertiary/aromatic N) is 1. The number of para-hydroxylation sites is 1. The molecule has 2 aromatic rings. The Hall–Kier alpha value is -2.16. The molecule has 0 fully saturated rings. The molecule has 0 saturated carbocycles. The molecule has 2 heterocycles. The number of fused-ring (bicyclic) bond motifs is 1. The van der Waals surface area contributed by atoms with Gasteiger partial charge in [-0.05, 0) is 23.8 Å². The summed E-state index contributed by atoms with van der Waals surface area (Å²) in [5.74, 6) is 0.431. The van der Waals surface area contributed by atoms with Gasteiger partial charge in [-0.15, -0.1) is 0 Å². The van der Waals surface area contributed by atoms with E-state index in [1.807, 2.05) is 18.2 Å². The predicted octanol–water partition coefficient (Wildman–Crippen LogP) is 2.86. The van der Waals surface area contributed by atoms with Crippen LogP contribution in [0.3, 0.4) is 0 Å². The summed E-state index contributed by atoms with van der Waals surface area (Å²) in [6, 6.07) is 11.8. The Kier molecular flexibility index (Phi) is 2.81. The number of hydrogen-bond donors (Lipinski definition) is 1. The van der Waals surface area contributed by atoms with Gasteiger partial charge in [-0.1, -0.05) is 18.2 Å². The Labute approximate surface area is 106 Å². The van der Waals surface area contributed by atoms with Crippen molar-refractivity contribution >= 4 is 11.5 Å². The first-order valence-corrected chi connectivity index (χ1v) is 6.10. The Morgan fingerprint density at radius 2 is 2.17 bits per heavy atom. The number of Topliss-reactive ketones (excluding diaryl/α,β-unsaturated/α-hetero) is 1. The number of ketones is 1. The molecule has 1 aliphatic rings. The summed E-state index contributed by atoms with van der Waals surface area (Å²) >= 11 is 0. The van der Waals surface area contributed by atoms with E-state index in [0.717, 1.165) is 12.2 Å². The fourth-order valence-corrected chi connectivity index (χ4v) is 2.41. The van der Waals surface area contributed by atoms with Gasteiger partial charge in [-0.2, -0.15) is 0 Å². The number of rotatable bonds is 3. The van der Waals surface area contributed by atoms with E-state index in [9.17, 15) is 4.79 Å². The van der Waals surface area contributed by atoms with E-state index in [4.69, 9.17) is 0 Å². The lowest BCUT2D eigenvalue weighted by atomic mass is 9.94. The number of hydrogen-bond acceptors (Lipinski definition) is 3. The highest BCUT2D eigenvalue weighted by Crippen LogP contribution is 2.33. The molecule has 3 nitrogen and oxygen atoms in total. The highest BCUT2D eigenvalue weighted by molar-refractivity contribution is 5.96. The average Bonchev–Trinajstić information content (AvgIpc) is 2.83. The number of carbonyl (C=O) groups is 1. The summed E-state index contributed by atoms with van der Waals surface area (Å²) in [5, 5.41) is 3.34. The Morgan fingerprint density at radius 1 is 1.28 bits per heavy atom. The topological polar surface area (TPSA) is 42.0 Å². The molecule has 90 valence electrons. The van der Waals surface area contributed by atoms with Crippen LogP contribution < -0.4 is 5.32 Å². The van der Waals surface area contributed by atoms with Crippen LogP contribution in [0.15, 0.2) is 48.8 Å². The third-order valence-corrected chi connectivity index (χ3v) is 3.35. The monoisotopic (exact) mass is 238 g/mol. The van der Waals surface area contributed by atoms with Crippen LogP contribution in [0.2, 0.25) is 0 Å². The average molecular weight is 238 g/mol. The molecule has 1 aromatic heterocycles. The van der Waals surface area contributed by atoms with Gasteiger partial charge in [-0.25, -0.2) is 0 Å². The first kappa shape index (κ1) is 11.0. The Balaban J connectivity index is 1.77. The second-order valence-electron chi connectivity index (χ2n) is 4.53. The molecule has 3 rings (SSSR count). The van der Waals surface area contributed by atoms with E-state index in [1.54, 1.807) is 18.5 Å². The second-order valence-corrected chi connectivity index (χ2v) is 4.53. The third-order valence-electron chi connectivity index (χ3n) is 3.35. The molecule has 0 spiro atoms. The van der Waals surface area contributed by atoms with Crippen LogP contribution in [-0.4, -0.2) is 17.3 Å². The largest absolute Gasteiger partial charge is 0.384 e. The van der Waals surface area contributed by atoms with Crippen molar-refractivity contribution < 1.29 is 4.79 Å². The van der Waals surface area contributed by atoms with Gasteiger partial charge in [0.1, 0.15) is 0 Å². The van der Waals surface area contributed by atoms with E-state index in [-0.39, 0.29) is 11.7 Å². The zero-order chi connectivity index (χ0) is 12.4. The molecule has 1 aromatic carbocycles. The van der Waals surface area contributed by atoms with Crippen molar-refractivity contribution in [3.8, 4) is 0 Å². The maximum absolute atomic E-state index is 12.1. The Bertz CT molecular complexity index is 566. The maximum Gasteiger partial charge on any atom is 0.165 e. The van der Waals surface area contributed by atoms with Crippen LogP contribution in [0, 0.1) is 0 Å². The second kappa shape index (κ2) is 4.61. The number of anilines is 1. The van der Waals surface area contributed by atoms with Crippen LogP contribution in [0.4, 0.5) is 5.69 Å². The van der Waals surface area contributed by atoms with E-state index < -0.39 is 0 Å².